The summed E-state index contributed by atoms with van der Waals surface area (Å²) in [5.41, 5.74) is 0.390. The molecule has 0 atom stereocenters. The Morgan fingerprint density at radius 3 is 2.41 bits per heavy atom. The van der Waals surface area contributed by atoms with Crippen LogP contribution in [0.25, 0.3) is 0 Å². The van der Waals surface area contributed by atoms with Crippen molar-refractivity contribution in [3.63, 3.8) is 0 Å². The highest BCUT2D eigenvalue weighted by Crippen LogP contribution is 2.07. The standard InChI is InChI=1S/C12H14FNO3/c13-10-3-1-9(2-4-10)11(16)5-6-12(17)14-7-8-15/h1-4,15H,5-8H2,(H,14,17). The third-order valence-electron chi connectivity index (χ3n) is 2.18. The van der Waals surface area contributed by atoms with E-state index in [9.17, 15) is 14.0 Å². The molecule has 92 valence electrons. The molecule has 0 saturated carbocycles. The average molecular weight is 239 g/mol. The minimum atomic E-state index is -0.401. The summed E-state index contributed by atoms with van der Waals surface area (Å²) in [4.78, 5) is 22.7. The number of Topliss-reactive ketones (excluding diaryl/α,β-unsaturated/α-hetero) is 1. The van der Waals surface area contributed by atoms with Gasteiger partial charge in [-0.25, -0.2) is 4.39 Å². The maximum Gasteiger partial charge on any atom is 0.220 e. The number of ketones is 1. The Kier molecular flexibility index (Phi) is 5.29. The molecule has 17 heavy (non-hydrogen) atoms. The summed E-state index contributed by atoms with van der Waals surface area (Å²) >= 11 is 0. The summed E-state index contributed by atoms with van der Waals surface area (Å²) in [6.07, 6.45) is 0.138. The molecule has 1 aromatic carbocycles. The predicted molar refractivity (Wildman–Crippen MR) is 60.1 cm³/mol. The van der Waals surface area contributed by atoms with Crippen molar-refractivity contribution < 1.29 is 19.1 Å². The van der Waals surface area contributed by atoms with E-state index in [-0.39, 0.29) is 37.7 Å². The van der Waals surface area contributed by atoms with Crippen molar-refractivity contribution in [3.05, 3.63) is 35.6 Å². The molecule has 0 aliphatic heterocycles. The van der Waals surface area contributed by atoms with Crippen LogP contribution in [-0.4, -0.2) is 29.9 Å². The fourth-order valence-corrected chi connectivity index (χ4v) is 1.29. The molecule has 5 heteroatoms. The maximum atomic E-state index is 12.6. The fourth-order valence-electron chi connectivity index (χ4n) is 1.29. The van der Waals surface area contributed by atoms with Crippen molar-refractivity contribution in [3.8, 4) is 0 Å². The Morgan fingerprint density at radius 1 is 1.18 bits per heavy atom. The molecule has 0 spiro atoms. The number of rotatable bonds is 6. The molecule has 1 amide bonds. The second kappa shape index (κ2) is 6.75. The second-order valence-corrected chi connectivity index (χ2v) is 3.50. The highest BCUT2D eigenvalue weighted by Gasteiger charge is 2.08. The molecule has 0 aromatic heterocycles. The molecular formula is C12H14FNO3. The minimum absolute atomic E-state index is 0.0657. The van der Waals surface area contributed by atoms with Gasteiger partial charge in [-0.15, -0.1) is 0 Å². The quantitative estimate of drug-likeness (QED) is 0.725. The van der Waals surface area contributed by atoms with E-state index < -0.39 is 5.82 Å². The summed E-state index contributed by atoms with van der Waals surface area (Å²) in [7, 11) is 0. The Balaban J connectivity index is 2.39. The van der Waals surface area contributed by atoms with E-state index in [1.54, 1.807) is 0 Å². The Labute approximate surface area is 98.5 Å². The molecule has 0 radical (unpaired) electrons. The first-order valence-electron chi connectivity index (χ1n) is 5.30. The van der Waals surface area contributed by atoms with Gasteiger partial charge in [0.2, 0.25) is 5.91 Å². The third-order valence-corrected chi connectivity index (χ3v) is 2.18. The number of carbonyl (C=O) groups is 2. The number of nitrogens with one attached hydrogen (secondary N) is 1. The average Bonchev–Trinajstić information content (AvgIpc) is 2.34. The number of hydrogen-bond donors (Lipinski definition) is 2. The van der Waals surface area contributed by atoms with Gasteiger partial charge in [0.15, 0.2) is 5.78 Å². The molecular weight excluding hydrogens is 225 g/mol. The summed E-state index contributed by atoms with van der Waals surface area (Å²) in [6, 6.07) is 5.20. The van der Waals surface area contributed by atoms with E-state index in [0.717, 1.165) is 0 Å². The van der Waals surface area contributed by atoms with E-state index in [4.69, 9.17) is 5.11 Å². The lowest BCUT2D eigenvalue weighted by Crippen LogP contribution is -2.26. The van der Waals surface area contributed by atoms with E-state index in [1.165, 1.54) is 24.3 Å². The molecule has 0 saturated heterocycles. The van der Waals surface area contributed by atoms with Crippen LogP contribution in [0.4, 0.5) is 4.39 Å². The van der Waals surface area contributed by atoms with E-state index in [1.807, 2.05) is 0 Å². The molecule has 0 unspecified atom stereocenters. The van der Waals surface area contributed by atoms with Crippen LogP contribution >= 0.6 is 0 Å². The van der Waals surface area contributed by atoms with Crippen molar-refractivity contribution in [1.29, 1.82) is 0 Å². The predicted octanol–water partition coefficient (Wildman–Crippen LogP) is 0.897. The van der Waals surface area contributed by atoms with Crippen molar-refractivity contribution in [1.82, 2.24) is 5.32 Å². The van der Waals surface area contributed by atoms with Crippen molar-refractivity contribution in [2.75, 3.05) is 13.2 Å². The first-order valence-corrected chi connectivity index (χ1v) is 5.30. The molecule has 0 heterocycles. The zero-order valence-corrected chi connectivity index (χ0v) is 9.28. The largest absolute Gasteiger partial charge is 0.395 e. The molecule has 0 aliphatic rings. The Bertz CT molecular complexity index is 389. The SMILES string of the molecule is O=C(CCC(=O)c1ccc(F)cc1)NCCO. The van der Waals surface area contributed by atoms with Gasteiger partial charge in [0.25, 0.3) is 0 Å². The summed E-state index contributed by atoms with van der Waals surface area (Å²) in [6.45, 7) is 0.0568. The summed E-state index contributed by atoms with van der Waals surface area (Å²) in [5, 5.41) is 10.9. The molecule has 1 aromatic rings. The van der Waals surface area contributed by atoms with Crippen LogP contribution in [0.1, 0.15) is 23.2 Å². The van der Waals surface area contributed by atoms with E-state index in [0.29, 0.717) is 5.56 Å². The summed E-state index contributed by atoms with van der Waals surface area (Å²) < 4.78 is 12.6. The normalized spacial score (nSPS) is 10.0. The van der Waals surface area contributed by atoms with Gasteiger partial charge in [-0.05, 0) is 24.3 Å². The highest BCUT2D eigenvalue weighted by molar-refractivity contribution is 5.97. The summed E-state index contributed by atoms with van der Waals surface area (Å²) in [5.74, 6) is -0.888. The Hall–Kier alpha value is -1.75. The number of halogens is 1. The first kappa shape index (κ1) is 13.3. The topological polar surface area (TPSA) is 66.4 Å². The van der Waals surface area contributed by atoms with Crippen molar-refractivity contribution in [2.45, 2.75) is 12.8 Å². The van der Waals surface area contributed by atoms with Crippen LogP contribution in [-0.2, 0) is 4.79 Å². The Morgan fingerprint density at radius 2 is 1.82 bits per heavy atom. The van der Waals surface area contributed by atoms with Gasteiger partial charge in [-0.1, -0.05) is 0 Å². The van der Waals surface area contributed by atoms with E-state index in [2.05, 4.69) is 5.32 Å². The first-order chi connectivity index (χ1) is 8.13. The van der Waals surface area contributed by atoms with Crippen LogP contribution in [0.3, 0.4) is 0 Å². The van der Waals surface area contributed by atoms with Crippen LogP contribution in [0.5, 0.6) is 0 Å². The lowest BCUT2D eigenvalue weighted by Gasteiger charge is -2.03. The number of amides is 1. The van der Waals surface area contributed by atoms with Gasteiger partial charge >= 0.3 is 0 Å². The monoisotopic (exact) mass is 239 g/mol. The third kappa shape index (κ3) is 4.74. The smallest absolute Gasteiger partial charge is 0.220 e. The van der Waals surface area contributed by atoms with Gasteiger partial charge in [-0.3, -0.25) is 9.59 Å². The minimum Gasteiger partial charge on any atom is -0.395 e. The molecule has 0 bridgehead atoms. The van der Waals surface area contributed by atoms with Crippen molar-refractivity contribution in [2.24, 2.45) is 0 Å². The number of aliphatic hydroxyl groups is 1. The lowest BCUT2D eigenvalue weighted by molar-refractivity contribution is -0.121. The zero-order chi connectivity index (χ0) is 12.7. The van der Waals surface area contributed by atoms with Crippen LogP contribution in [0.15, 0.2) is 24.3 Å². The zero-order valence-electron chi connectivity index (χ0n) is 9.28. The molecule has 4 nitrogen and oxygen atoms in total. The van der Waals surface area contributed by atoms with Crippen LogP contribution in [0, 0.1) is 5.82 Å². The fraction of sp³-hybridized carbons (Fsp3) is 0.333. The van der Waals surface area contributed by atoms with Crippen LogP contribution in [0.2, 0.25) is 0 Å². The van der Waals surface area contributed by atoms with Gasteiger partial charge in [0.05, 0.1) is 6.61 Å². The maximum absolute atomic E-state index is 12.6. The van der Waals surface area contributed by atoms with Gasteiger partial charge in [-0.2, -0.15) is 0 Å². The number of hydrogen-bond acceptors (Lipinski definition) is 3. The molecule has 0 fully saturated rings. The molecule has 2 N–H and O–H groups in total. The second-order valence-electron chi connectivity index (χ2n) is 3.50. The number of aliphatic hydroxyl groups excluding tert-OH is 1. The number of carbonyl (C=O) groups excluding carboxylic acids is 2. The van der Waals surface area contributed by atoms with Crippen molar-refractivity contribution >= 4 is 11.7 Å². The molecule has 0 aliphatic carbocycles. The van der Waals surface area contributed by atoms with Gasteiger partial charge in [0.1, 0.15) is 5.82 Å². The molecule has 1 rings (SSSR count). The number of benzene rings is 1. The lowest BCUT2D eigenvalue weighted by atomic mass is 10.1. The highest BCUT2D eigenvalue weighted by atomic mass is 19.1. The van der Waals surface area contributed by atoms with E-state index >= 15 is 0 Å². The van der Waals surface area contributed by atoms with Gasteiger partial charge < -0.3 is 10.4 Å². The van der Waals surface area contributed by atoms with Crippen LogP contribution < -0.4 is 5.32 Å². The van der Waals surface area contributed by atoms with Gasteiger partial charge in [0, 0.05) is 24.9 Å².